The Labute approximate surface area is 178 Å². The summed E-state index contributed by atoms with van der Waals surface area (Å²) in [5.41, 5.74) is 0.766. The van der Waals surface area contributed by atoms with Gasteiger partial charge in [-0.15, -0.1) is 24.0 Å². The number of methoxy groups -OCH3 is 2. The first-order valence-corrected chi connectivity index (χ1v) is 8.60. The van der Waals surface area contributed by atoms with Crippen molar-refractivity contribution < 1.29 is 13.9 Å². The van der Waals surface area contributed by atoms with Gasteiger partial charge in [-0.25, -0.2) is 9.98 Å². The van der Waals surface area contributed by atoms with Gasteiger partial charge in [0.05, 0.1) is 20.4 Å². The van der Waals surface area contributed by atoms with E-state index in [1.54, 1.807) is 20.4 Å². The summed E-state index contributed by atoms with van der Waals surface area (Å²) < 4.78 is 16.4. The Balaban J connectivity index is 0.00000364. The second kappa shape index (κ2) is 10.4. The summed E-state index contributed by atoms with van der Waals surface area (Å²) in [6, 6.07) is 5.60. The molecule has 27 heavy (non-hydrogen) atoms. The van der Waals surface area contributed by atoms with Crippen molar-refractivity contribution in [2.75, 3.05) is 26.1 Å². The van der Waals surface area contributed by atoms with E-state index < -0.39 is 0 Å². The maximum absolute atomic E-state index is 5.78. The van der Waals surface area contributed by atoms with Gasteiger partial charge >= 0.3 is 0 Å². The van der Waals surface area contributed by atoms with Crippen molar-refractivity contribution in [3.05, 3.63) is 36.0 Å². The normalized spacial score (nSPS) is 11.6. The summed E-state index contributed by atoms with van der Waals surface area (Å²) in [6.07, 6.45) is 1.76. The van der Waals surface area contributed by atoms with Gasteiger partial charge in [0, 0.05) is 23.7 Å². The van der Waals surface area contributed by atoms with E-state index in [-0.39, 0.29) is 29.4 Å². The Kier molecular flexibility index (Phi) is 8.87. The lowest BCUT2D eigenvalue weighted by Gasteiger charge is -2.14. The van der Waals surface area contributed by atoms with Crippen molar-refractivity contribution in [2.24, 2.45) is 4.99 Å². The van der Waals surface area contributed by atoms with Gasteiger partial charge in [-0.3, -0.25) is 0 Å². The molecule has 0 aliphatic rings. The second-order valence-corrected chi connectivity index (χ2v) is 6.76. The van der Waals surface area contributed by atoms with Crippen LogP contribution in [0, 0.1) is 0 Å². The van der Waals surface area contributed by atoms with Crippen molar-refractivity contribution in [1.29, 1.82) is 0 Å². The van der Waals surface area contributed by atoms with Gasteiger partial charge in [-0.1, -0.05) is 20.8 Å². The molecule has 0 saturated carbocycles. The predicted molar refractivity (Wildman–Crippen MR) is 119 cm³/mol. The highest BCUT2D eigenvalue weighted by atomic mass is 127. The third-order valence-electron chi connectivity index (χ3n) is 3.66. The average Bonchev–Trinajstić information content (AvgIpc) is 3.09. The largest absolute Gasteiger partial charge is 0.493 e. The minimum atomic E-state index is -0.0721. The first kappa shape index (κ1) is 23.1. The summed E-state index contributed by atoms with van der Waals surface area (Å²) in [5.74, 6) is 3.39. The van der Waals surface area contributed by atoms with Crippen molar-refractivity contribution in [1.82, 2.24) is 10.3 Å². The SMILES string of the molecule is CCNC(=NCc1ncc(C(C)(C)C)o1)Nc1ccc(OC)c(OC)c1.I. The van der Waals surface area contributed by atoms with E-state index in [0.717, 1.165) is 18.0 Å². The highest BCUT2D eigenvalue weighted by Crippen LogP contribution is 2.29. The Bertz CT molecular complexity index is 754. The number of halogens is 1. The minimum Gasteiger partial charge on any atom is -0.493 e. The minimum absolute atomic E-state index is 0. The zero-order chi connectivity index (χ0) is 19.2. The number of rotatable bonds is 6. The van der Waals surface area contributed by atoms with Crippen molar-refractivity contribution in [3.8, 4) is 11.5 Å². The Morgan fingerprint density at radius 3 is 2.44 bits per heavy atom. The summed E-state index contributed by atoms with van der Waals surface area (Å²) in [6.45, 7) is 9.35. The number of guanidine groups is 1. The monoisotopic (exact) mass is 488 g/mol. The van der Waals surface area contributed by atoms with Crippen LogP contribution < -0.4 is 20.1 Å². The van der Waals surface area contributed by atoms with Crippen LogP contribution >= 0.6 is 24.0 Å². The van der Waals surface area contributed by atoms with E-state index in [9.17, 15) is 0 Å². The number of benzene rings is 1. The molecule has 0 fully saturated rings. The fraction of sp³-hybridized carbons (Fsp3) is 0.474. The molecule has 2 N–H and O–H groups in total. The summed E-state index contributed by atoms with van der Waals surface area (Å²) in [5, 5.41) is 6.45. The van der Waals surface area contributed by atoms with Gasteiger partial charge in [0.2, 0.25) is 5.89 Å². The second-order valence-electron chi connectivity index (χ2n) is 6.76. The lowest BCUT2D eigenvalue weighted by Crippen LogP contribution is -2.30. The molecule has 0 spiro atoms. The summed E-state index contributed by atoms with van der Waals surface area (Å²) >= 11 is 0. The number of hydrogen-bond acceptors (Lipinski definition) is 5. The molecule has 2 aromatic rings. The zero-order valence-corrected chi connectivity index (χ0v) is 19.1. The van der Waals surface area contributed by atoms with Gasteiger partial charge in [0.1, 0.15) is 12.3 Å². The van der Waals surface area contributed by atoms with Gasteiger partial charge in [-0.2, -0.15) is 0 Å². The van der Waals surface area contributed by atoms with Crippen LogP contribution in [0.3, 0.4) is 0 Å². The van der Waals surface area contributed by atoms with Crippen molar-refractivity contribution in [3.63, 3.8) is 0 Å². The van der Waals surface area contributed by atoms with E-state index >= 15 is 0 Å². The fourth-order valence-electron chi connectivity index (χ4n) is 2.23. The molecule has 1 aromatic carbocycles. The molecule has 1 aromatic heterocycles. The number of anilines is 1. The molecule has 150 valence electrons. The highest BCUT2D eigenvalue weighted by molar-refractivity contribution is 14.0. The quantitative estimate of drug-likeness (QED) is 0.361. The lowest BCUT2D eigenvalue weighted by molar-refractivity contribution is 0.355. The maximum atomic E-state index is 5.78. The molecule has 2 rings (SSSR count). The topological polar surface area (TPSA) is 80.9 Å². The van der Waals surface area contributed by atoms with Crippen molar-refractivity contribution >= 4 is 35.6 Å². The first-order chi connectivity index (χ1) is 12.4. The molecule has 0 amide bonds. The number of aliphatic imine (C=N–C) groups is 1. The molecule has 0 radical (unpaired) electrons. The molecule has 0 bridgehead atoms. The third kappa shape index (κ3) is 6.60. The van der Waals surface area contributed by atoms with Crippen LogP contribution in [0.2, 0.25) is 0 Å². The molecule has 0 atom stereocenters. The Hall–Kier alpha value is -1.97. The van der Waals surface area contributed by atoms with Gasteiger partial charge < -0.3 is 24.5 Å². The smallest absolute Gasteiger partial charge is 0.216 e. The number of nitrogens with zero attached hydrogens (tertiary/aromatic N) is 2. The van der Waals surface area contributed by atoms with E-state index in [1.165, 1.54) is 0 Å². The van der Waals surface area contributed by atoms with Gasteiger partial charge in [0.25, 0.3) is 0 Å². The maximum Gasteiger partial charge on any atom is 0.216 e. The molecule has 0 saturated heterocycles. The molecule has 0 aliphatic heterocycles. The standard InChI is InChI=1S/C19H28N4O3.HI/c1-7-20-18(22-12-17-21-11-16(26-17)19(2,3)4)23-13-8-9-14(24-5)15(10-13)25-6;/h8-11H,7,12H2,1-6H3,(H2,20,22,23);1H. The van der Waals surface area contributed by atoms with E-state index in [2.05, 4.69) is 41.4 Å². The zero-order valence-electron chi connectivity index (χ0n) is 16.8. The van der Waals surface area contributed by atoms with Crippen LogP contribution in [-0.4, -0.2) is 31.7 Å². The van der Waals surface area contributed by atoms with Crippen LogP contribution in [-0.2, 0) is 12.0 Å². The predicted octanol–water partition coefficient (Wildman–Crippen LogP) is 4.18. The molecule has 1 heterocycles. The number of oxazole rings is 1. The van der Waals surface area contributed by atoms with Gasteiger partial charge in [0.15, 0.2) is 17.5 Å². The molecular formula is C19H29IN4O3. The number of ether oxygens (including phenoxy) is 2. The van der Waals surface area contributed by atoms with Crippen molar-refractivity contribution in [2.45, 2.75) is 39.7 Å². The van der Waals surface area contributed by atoms with Crippen LogP contribution in [0.1, 0.15) is 39.3 Å². The van der Waals surface area contributed by atoms with Crippen LogP contribution in [0.25, 0.3) is 0 Å². The fourth-order valence-corrected chi connectivity index (χ4v) is 2.23. The molecule has 8 heteroatoms. The number of hydrogen-bond donors (Lipinski definition) is 2. The van der Waals surface area contributed by atoms with Crippen LogP contribution in [0.15, 0.2) is 33.8 Å². The molecular weight excluding hydrogens is 459 g/mol. The molecule has 0 unspecified atom stereocenters. The Morgan fingerprint density at radius 2 is 1.89 bits per heavy atom. The third-order valence-corrected chi connectivity index (χ3v) is 3.66. The van der Waals surface area contributed by atoms with E-state index in [4.69, 9.17) is 13.9 Å². The summed E-state index contributed by atoms with van der Waals surface area (Å²) in [7, 11) is 3.22. The molecule has 7 nitrogen and oxygen atoms in total. The van der Waals surface area contributed by atoms with E-state index in [0.29, 0.717) is 29.9 Å². The number of nitrogens with one attached hydrogen (secondary N) is 2. The summed E-state index contributed by atoms with van der Waals surface area (Å²) in [4.78, 5) is 8.84. The first-order valence-electron chi connectivity index (χ1n) is 8.60. The highest BCUT2D eigenvalue weighted by Gasteiger charge is 2.19. The van der Waals surface area contributed by atoms with Crippen LogP contribution in [0.4, 0.5) is 5.69 Å². The van der Waals surface area contributed by atoms with E-state index in [1.807, 2.05) is 25.1 Å². The average molecular weight is 488 g/mol. The molecule has 0 aliphatic carbocycles. The van der Waals surface area contributed by atoms with Gasteiger partial charge in [-0.05, 0) is 19.1 Å². The van der Waals surface area contributed by atoms with Crippen LogP contribution in [0.5, 0.6) is 11.5 Å². The Morgan fingerprint density at radius 1 is 1.19 bits per heavy atom. The lowest BCUT2D eigenvalue weighted by atomic mass is 9.94. The number of aromatic nitrogens is 1.